The zero-order valence-corrected chi connectivity index (χ0v) is 9.39. The van der Waals surface area contributed by atoms with Gasteiger partial charge in [0.05, 0.1) is 12.0 Å². The Kier molecular flexibility index (Phi) is 3.44. The number of imidazole rings is 1. The van der Waals surface area contributed by atoms with E-state index in [9.17, 15) is 0 Å². The molecule has 1 aromatic heterocycles. The van der Waals surface area contributed by atoms with E-state index in [-0.39, 0.29) is 0 Å². The van der Waals surface area contributed by atoms with E-state index in [0.717, 1.165) is 25.8 Å². The van der Waals surface area contributed by atoms with Crippen LogP contribution in [0.15, 0.2) is 11.5 Å². The molecular formula is C11H18N4O. The summed E-state index contributed by atoms with van der Waals surface area (Å²) < 4.78 is 2.21. The van der Waals surface area contributed by atoms with Gasteiger partial charge in [-0.3, -0.25) is 0 Å². The highest BCUT2D eigenvalue weighted by Gasteiger charge is 2.14. The predicted octanol–water partition coefficient (Wildman–Crippen LogP) is 1.29. The second-order valence-electron chi connectivity index (χ2n) is 4.23. The van der Waals surface area contributed by atoms with Gasteiger partial charge in [0.25, 0.3) is 0 Å². The monoisotopic (exact) mass is 222 g/mol. The zero-order chi connectivity index (χ0) is 11.4. The number of aromatic nitrogens is 2. The standard InChI is InChI=1S/C11H18N4O/c12-11(14-16)6-3-7-15-8-13-9-4-1-2-5-10(9)15/h8,16H,1-7H2,(H2,12,14). The van der Waals surface area contributed by atoms with E-state index in [1.165, 1.54) is 24.2 Å². The number of nitrogens with zero attached hydrogens (tertiary/aromatic N) is 3. The Morgan fingerprint density at radius 3 is 3.12 bits per heavy atom. The molecule has 5 heteroatoms. The van der Waals surface area contributed by atoms with Crippen LogP contribution in [0.1, 0.15) is 37.1 Å². The molecule has 3 N–H and O–H groups in total. The maximum Gasteiger partial charge on any atom is 0.139 e. The lowest BCUT2D eigenvalue weighted by molar-refractivity contribution is 0.316. The van der Waals surface area contributed by atoms with Gasteiger partial charge in [-0.25, -0.2) is 4.98 Å². The summed E-state index contributed by atoms with van der Waals surface area (Å²) in [5.74, 6) is 0.300. The Bertz CT molecular complexity index is 383. The Balaban J connectivity index is 1.92. The highest BCUT2D eigenvalue weighted by Crippen LogP contribution is 2.20. The summed E-state index contributed by atoms with van der Waals surface area (Å²) in [6.07, 6.45) is 8.21. The number of amidine groups is 1. The summed E-state index contributed by atoms with van der Waals surface area (Å²) >= 11 is 0. The molecule has 0 aliphatic heterocycles. The lowest BCUT2D eigenvalue weighted by atomic mass is 10.0. The minimum atomic E-state index is 0.300. The highest BCUT2D eigenvalue weighted by atomic mass is 16.4. The van der Waals surface area contributed by atoms with Crippen LogP contribution in [0.5, 0.6) is 0 Å². The smallest absolute Gasteiger partial charge is 0.139 e. The van der Waals surface area contributed by atoms with Gasteiger partial charge in [-0.2, -0.15) is 0 Å². The molecule has 1 aliphatic carbocycles. The zero-order valence-electron chi connectivity index (χ0n) is 9.39. The number of fused-ring (bicyclic) bond motifs is 1. The Hall–Kier alpha value is -1.52. The van der Waals surface area contributed by atoms with E-state index in [0.29, 0.717) is 12.3 Å². The van der Waals surface area contributed by atoms with E-state index < -0.39 is 0 Å². The molecule has 16 heavy (non-hydrogen) atoms. The number of hydrogen-bond acceptors (Lipinski definition) is 3. The molecule has 0 radical (unpaired) electrons. The quantitative estimate of drug-likeness (QED) is 0.349. The minimum Gasteiger partial charge on any atom is -0.409 e. The molecule has 2 rings (SSSR count). The molecule has 0 atom stereocenters. The topological polar surface area (TPSA) is 76.4 Å². The fraction of sp³-hybridized carbons (Fsp3) is 0.636. The number of hydrogen-bond donors (Lipinski definition) is 2. The Labute approximate surface area is 95.0 Å². The van der Waals surface area contributed by atoms with Crippen LogP contribution in [-0.2, 0) is 19.4 Å². The molecule has 5 nitrogen and oxygen atoms in total. The average molecular weight is 222 g/mol. The maximum absolute atomic E-state index is 8.43. The van der Waals surface area contributed by atoms with Crippen LogP contribution in [-0.4, -0.2) is 20.6 Å². The van der Waals surface area contributed by atoms with E-state index in [1.54, 1.807) is 0 Å². The first kappa shape index (κ1) is 11.0. The number of rotatable bonds is 4. The van der Waals surface area contributed by atoms with Gasteiger partial charge in [0.2, 0.25) is 0 Å². The fourth-order valence-corrected chi connectivity index (χ4v) is 2.20. The van der Waals surface area contributed by atoms with Crippen molar-refractivity contribution >= 4 is 5.84 Å². The molecule has 0 spiro atoms. The highest BCUT2D eigenvalue weighted by molar-refractivity contribution is 5.79. The molecule has 88 valence electrons. The Morgan fingerprint density at radius 1 is 1.50 bits per heavy atom. The molecule has 1 aromatic rings. The van der Waals surface area contributed by atoms with Crippen molar-refractivity contribution in [3.63, 3.8) is 0 Å². The largest absolute Gasteiger partial charge is 0.409 e. The molecule has 0 aromatic carbocycles. The van der Waals surface area contributed by atoms with Gasteiger partial charge >= 0.3 is 0 Å². The van der Waals surface area contributed by atoms with Gasteiger partial charge in [0.15, 0.2) is 0 Å². The maximum atomic E-state index is 8.43. The third-order valence-electron chi connectivity index (χ3n) is 3.07. The van der Waals surface area contributed by atoms with Crippen molar-refractivity contribution in [3.05, 3.63) is 17.7 Å². The van der Waals surface area contributed by atoms with Crippen molar-refractivity contribution in [1.82, 2.24) is 9.55 Å². The molecular weight excluding hydrogens is 204 g/mol. The van der Waals surface area contributed by atoms with Crippen LogP contribution >= 0.6 is 0 Å². The SMILES string of the molecule is NC(CCCn1cnc2c1CCCC2)=NO. The van der Waals surface area contributed by atoms with E-state index in [2.05, 4.69) is 14.7 Å². The molecule has 1 heterocycles. The van der Waals surface area contributed by atoms with Crippen LogP contribution in [0.25, 0.3) is 0 Å². The first-order chi connectivity index (χ1) is 7.81. The minimum absolute atomic E-state index is 0.300. The van der Waals surface area contributed by atoms with E-state index in [4.69, 9.17) is 10.9 Å². The molecule has 0 saturated heterocycles. The first-order valence-corrected chi connectivity index (χ1v) is 5.80. The fourth-order valence-electron chi connectivity index (χ4n) is 2.20. The van der Waals surface area contributed by atoms with Crippen LogP contribution in [0, 0.1) is 0 Å². The Morgan fingerprint density at radius 2 is 2.31 bits per heavy atom. The molecule has 0 saturated carbocycles. The van der Waals surface area contributed by atoms with Crippen molar-refractivity contribution in [2.45, 2.75) is 45.1 Å². The lowest BCUT2D eigenvalue weighted by Crippen LogP contribution is -2.13. The van der Waals surface area contributed by atoms with Gasteiger partial charge in [-0.05, 0) is 32.1 Å². The number of aryl methyl sites for hydroxylation is 2. The summed E-state index contributed by atoms with van der Waals surface area (Å²) in [4.78, 5) is 4.43. The lowest BCUT2D eigenvalue weighted by Gasteiger charge is -2.13. The van der Waals surface area contributed by atoms with Gasteiger partial charge in [0, 0.05) is 18.7 Å². The van der Waals surface area contributed by atoms with Crippen molar-refractivity contribution in [1.29, 1.82) is 0 Å². The molecule has 0 amide bonds. The van der Waals surface area contributed by atoms with Crippen molar-refractivity contribution in [3.8, 4) is 0 Å². The number of oxime groups is 1. The third-order valence-corrected chi connectivity index (χ3v) is 3.07. The summed E-state index contributed by atoms with van der Waals surface area (Å²) in [6.45, 7) is 0.901. The first-order valence-electron chi connectivity index (χ1n) is 5.80. The summed E-state index contributed by atoms with van der Waals surface area (Å²) in [6, 6.07) is 0. The van der Waals surface area contributed by atoms with Crippen molar-refractivity contribution in [2.24, 2.45) is 10.9 Å². The molecule has 0 unspecified atom stereocenters. The van der Waals surface area contributed by atoms with Crippen molar-refractivity contribution in [2.75, 3.05) is 0 Å². The van der Waals surface area contributed by atoms with Gasteiger partial charge in [-0.15, -0.1) is 0 Å². The summed E-state index contributed by atoms with van der Waals surface area (Å²) in [5.41, 5.74) is 8.06. The molecule has 1 aliphatic rings. The summed E-state index contributed by atoms with van der Waals surface area (Å²) in [5, 5.41) is 11.4. The van der Waals surface area contributed by atoms with Crippen LogP contribution in [0.4, 0.5) is 0 Å². The van der Waals surface area contributed by atoms with Gasteiger partial charge < -0.3 is 15.5 Å². The van der Waals surface area contributed by atoms with E-state index in [1.807, 2.05) is 6.33 Å². The molecule has 0 fully saturated rings. The van der Waals surface area contributed by atoms with Gasteiger partial charge in [-0.1, -0.05) is 5.16 Å². The van der Waals surface area contributed by atoms with Crippen LogP contribution < -0.4 is 5.73 Å². The average Bonchev–Trinajstić information content (AvgIpc) is 2.73. The van der Waals surface area contributed by atoms with Crippen LogP contribution in [0.3, 0.4) is 0 Å². The van der Waals surface area contributed by atoms with E-state index >= 15 is 0 Å². The normalized spacial score (nSPS) is 16.1. The van der Waals surface area contributed by atoms with Crippen LogP contribution in [0.2, 0.25) is 0 Å². The van der Waals surface area contributed by atoms with Crippen molar-refractivity contribution < 1.29 is 5.21 Å². The second kappa shape index (κ2) is 5.01. The second-order valence-corrected chi connectivity index (χ2v) is 4.23. The van der Waals surface area contributed by atoms with Gasteiger partial charge in [0.1, 0.15) is 5.84 Å². The summed E-state index contributed by atoms with van der Waals surface area (Å²) in [7, 11) is 0. The third kappa shape index (κ3) is 2.35. The number of nitrogens with two attached hydrogens (primary N) is 1. The molecule has 0 bridgehead atoms. The predicted molar refractivity (Wildman–Crippen MR) is 61.5 cm³/mol.